The lowest BCUT2D eigenvalue weighted by atomic mass is 9.86. The number of aliphatic hydroxyl groups is 1. The molecule has 0 bridgehead atoms. The van der Waals surface area contributed by atoms with Crippen LogP contribution in [0, 0.1) is 11.8 Å². The van der Waals surface area contributed by atoms with E-state index in [2.05, 4.69) is 0 Å². The fourth-order valence-electron chi connectivity index (χ4n) is 3.65. The van der Waals surface area contributed by atoms with Crippen LogP contribution in [0.15, 0.2) is 42.0 Å². The number of hydrogen-bond donors (Lipinski definition) is 1. The maximum Gasteiger partial charge on any atom is 0.417 e. The number of carbonyl (C=O) groups is 2. The Balaban J connectivity index is 1.94. The second kappa shape index (κ2) is 7.40. The summed E-state index contributed by atoms with van der Waals surface area (Å²) in [5.41, 5.74) is 1.60. The topological polar surface area (TPSA) is 66.8 Å². The standard InChI is InChI=1S/C20H25NO4/c1-13(2)16-12-25-20(24)21(16)19(23)17(14-8-6-7-9-14)18(22)15-10-4-3-5-11-15/h3-5,8,10-11,13,16-18,22H,6-7,9,12H2,1-2H3/t16-,17+,18-/m1/s1. The van der Waals surface area contributed by atoms with Crippen molar-refractivity contribution in [2.24, 2.45) is 11.8 Å². The second-order valence-corrected chi connectivity index (χ2v) is 7.10. The van der Waals surface area contributed by atoms with Crippen molar-refractivity contribution >= 4 is 12.0 Å². The molecular weight excluding hydrogens is 318 g/mol. The third-order valence-electron chi connectivity index (χ3n) is 5.11. The molecule has 1 saturated heterocycles. The highest BCUT2D eigenvalue weighted by molar-refractivity contribution is 5.96. The summed E-state index contributed by atoms with van der Waals surface area (Å²) < 4.78 is 5.12. The Morgan fingerprint density at radius 3 is 2.60 bits per heavy atom. The van der Waals surface area contributed by atoms with Crippen LogP contribution in [0.5, 0.6) is 0 Å². The normalized spacial score (nSPS) is 22.7. The van der Waals surface area contributed by atoms with Gasteiger partial charge in [-0.05, 0) is 30.7 Å². The first kappa shape index (κ1) is 17.7. The molecule has 5 nitrogen and oxygen atoms in total. The van der Waals surface area contributed by atoms with Crippen LogP contribution in [0.3, 0.4) is 0 Å². The minimum Gasteiger partial charge on any atom is -0.447 e. The number of hydrogen-bond acceptors (Lipinski definition) is 4. The van der Waals surface area contributed by atoms with Gasteiger partial charge in [-0.1, -0.05) is 55.8 Å². The van der Waals surface area contributed by atoms with Crippen LogP contribution in [0.25, 0.3) is 0 Å². The zero-order chi connectivity index (χ0) is 18.0. The fourth-order valence-corrected chi connectivity index (χ4v) is 3.65. The molecule has 1 aromatic carbocycles. The highest BCUT2D eigenvalue weighted by Gasteiger charge is 2.45. The molecule has 134 valence electrons. The van der Waals surface area contributed by atoms with E-state index >= 15 is 0 Å². The summed E-state index contributed by atoms with van der Waals surface area (Å²) in [6.07, 6.45) is 3.10. The van der Waals surface area contributed by atoms with Crippen molar-refractivity contribution < 1.29 is 19.4 Å². The first-order chi connectivity index (χ1) is 12.0. The lowest BCUT2D eigenvalue weighted by Gasteiger charge is -2.30. The molecule has 5 heteroatoms. The monoisotopic (exact) mass is 343 g/mol. The predicted molar refractivity (Wildman–Crippen MR) is 93.6 cm³/mol. The van der Waals surface area contributed by atoms with Gasteiger partial charge in [0.2, 0.25) is 5.91 Å². The van der Waals surface area contributed by atoms with Gasteiger partial charge in [-0.15, -0.1) is 0 Å². The van der Waals surface area contributed by atoms with Crippen LogP contribution >= 0.6 is 0 Å². The Hall–Kier alpha value is -2.14. The van der Waals surface area contributed by atoms with Gasteiger partial charge in [-0.2, -0.15) is 0 Å². The van der Waals surface area contributed by atoms with Gasteiger partial charge in [-0.3, -0.25) is 4.79 Å². The number of ether oxygens (including phenoxy) is 1. The van der Waals surface area contributed by atoms with Gasteiger partial charge in [0.25, 0.3) is 0 Å². The van der Waals surface area contributed by atoms with Gasteiger partial charge in [0.05, 0.1) is 18.1 Å². The van der Waals surface area contributed by atoms with Crippen molar-refractivity contribution in [3.63, 3.8) is 0 Å². The number of allylic oxidation sites excluding steroid dienone is 1. The fraction of sp³-hybridized carbons (Fsp3) is 0.500. The quantitative estimate of drug-likeness (QED) is 0.832. The van der Waals surface area contributed by atoms with Crippen LogP contribution in [0.2, 0.25) is 0 Å². The van der Waals surface area contributed by atoms with Crippen LogP contribution in [0.1, 0.15) is 44.8 Å². The van der Waals surface area contributed by atoms with Crippen molar-refractivity contribution in [1.82, 2.24) is 4.90 Å². The van der Waals surface area contributed by atoms with Crippen molar-refractivity contribution in [2.45, 2.75) is 45.3 Å². The van der Waals surface area contributed by atoms with E-state index < -0.39 is 18.1 Å². The summed E-state index contributed by atoms with van der Waals surface area (Å²) in [6.45, 7) is 4.14. The summed E-state index contributed by atoms with van der Waals surface area (Å²) in [6, 6.07) is 8.88. The molecule has 0 radical (unpaired) electrons. The van der Waals surface area contributed by atoms with E-state index in [1.165, 1.54) is 4.90 Å². The SMILES string of the molecule is CC(C)[C@H]1COC(=O)N1C(=O)[C@@H](C1=CCCC1)[C@H](O)c1ccccc1. The van der Waals surface area contributed by atoms with Crippen LogP contribution in [-0.4, -0.2) is 34.7 Å². The molecule has 1 heterocycles. The van der Waals surface area contributed by atoms with Crippen LogP contribution < -0.4 is 0 Å². The molecule has 1 N–H and O–H groups in total. The summed E-state index contributed by atoms with van der Waals surface area (Å²) in [7, 11) is 0. The Morgan fingerprint density at radius 2 is 2.00 bits per heavy atom. The lowest BCUT2D eigenvalue weighted by molar-refractivity contribution is -0.136. The smallest absolute Gasteiger partial charge is 0.417 e. The van der Waals surface area contributed by atoms with E-state index in [0.29, 0.717) is 5.56 Å². The third-order valence-corrected chi connectivity index (χ3v) is 5.11. The molecule has 2 amide bonds. The molecule has 0 aromatic heterocycles. The largest absolute Gasteiger partial charge is 0.447 e. The minimum atomic E-state index is -0.973. The maximum atomic E-state index is 13.3. The molecule has 0 saturated carbocycles. The van der Waals surface area contributed by atoms with Gasteiger partial charge < -0.3 is 9.84 Å². The molecule has 0 spiro atoms. The molecule has 1 fully saturated rings. The number of aliphatic hydroxyl groups excluding tert-OH is 1. The average Bonchev–Trinajstić information content (AvgIpc) is 3.25. The van der Waals surface area contributed by atoms with E-state index in [0.717, 1.165) is 24.8 Å². The Labute approximate surface area is 148 Å². The first-order valence-electron chi connectivity index (χ1n) is 8.92. The zero-order valence-electron chi connectivity index (χ0n) is 14.7. The molecule has 0 unspecified atom stereocenters. The van der Waals surface area contributed by atoms with E-state index in [1.54, 1.807) is 0 Å². The predicted octanol–water partition coefficient (Wildman–Crippen LogP) is 3.45. The average molecular weight is 343 g/mol. The second-order valence-electron chi connectivity index (χ2n) is 7.10. The van der Waals surface area contributed by atoms with Crippen molar-refractivity contribution in [3.8, 4) is 0 Å². The molecule has 3 rings (SSSR count). The number of nitrogens with zero attached hydrogens (tertiary/aromatic N) is 1. The maximum absolute atomic E-state index is 13.3. The molecule has 3 atom stereocenters. The third kappa shape index (κ3) is 3.47. The number of carbonyl (C=O) groups excluding carboxylic acids is 2. The molecule has 1 aliphatic heterocycles. The highest BCUT2D eigenvalue weighted by atomic mass is 16.6. The number of imide groups is 1. The summed E-state index contributed by atoms with van der Waals surface area (Å²) >= 11 is 0. The van der Waals surface area contributed by atoms with Crippen molar-refractivity contribution in [3.05, 3.63) is 47.5 Å². The molecule has 1 aliphatic carbocycles. The summed E-state index contributed by atoms with van der Waals surface area (Å²) in [5, 5.41) is 10.9. The lowest BCUT2D eigenvalue weighted by Crippen LogP contribution is -2.46. The Morgan fingerprint density at radius 1 is 1.28 bits per heavy atom. The van der Waals surface area contributed by atoms with E-state index in [-0.39, 0.29) is 24.5 Å². The van der Waals surface area contributed by atoms with Crippen molar-refractivity contribution in [1.29, 1.82) is 0 Å². The van der Waals surface area contributed by atoms with Crippen LogP contribution in [-0.2, 0) is 9.53 Å². The Kier molecular flexibility index (Phi) is 5.23. The van der Waals surface area contributed by atoms with Gasteiger partial charge in [-0.25, -0.2) is 9.69 Å². The molecular formula is C20H25NO4. The first-order valence-corrected chi connectivity index (χ1v) is 8.92. The Bertz CT molecular complexity index is 668. The van der Waals surface area contributed by atoms with E-state index in [9.17, 15) is 14.7 Å². The van der Waals surface area contributed by atoms with E-state index in [1.807, 2.05) is 50.3 Å². The van der Waals surface area contributed by atoms with E-state index in [4.69, 9.17) is 4.74 Å². The van der Waals surface area contributed by atoms with Gasteiger partial charge >= 0.3 is 6.09 Å². The number of cyclic esters (lactones) is 1. The van der Waals surface area contributed by atoms with Gasteiger partial charge in [0, 0.05) is 0 Å². The minimum absolute atomic E-state index is 0.0995. The van der Waals surface area contributed by atoms with Crippen LogP contribution in [0.4, 0.5) is 4.79 Å². The molecule has 25 heavy (non-hydrogen) atoms. The zero-order valence-corrected chi connectivity index (χ0v) is 14.7. The summed E-state index contributed by atoms with van der Waals surface area (Å²) in [5.74, 6) is -0.995. The van der Waals surface area contributed by atoms with Gasteiger partial charge in [0.1, 0.15) is 6.61 Å². The van der Waals surface area contributed by atoms with Crippen molar-refractivity contribution in [2.75, 3.05) is 6.61 Å². The number of amides is 2. The molecule has 1 aromatic rings. The molecule has 2 aliphatic rings. The van der Waals surface area contributed by atoms with Gasteiger partial charge in [0.15, 0.2) is 0 Å². The number of rotatable bonds is 5. The number of benzene rings is 1. The highest BCUT2D eigenvalue weighted by Crippen LogP contribution is 2.37. The summed E-state index contributed by atoms with van der Waals surface area (Å²) in [4.78, 5) is 26.7.